The van der Waals surface area contributed by atoms with E-state index in [-0.39, 0.29) is 0 Å². The molecule has 0 aliphatic rings. The molecule has 0 rings (SSSR count). The summed E-state index contributed by atoms with van der Waals surface area (Å²) in [7, 11) is 0. The molecule has 0 aromatic rings. The summed E-state index contributed by atoms with van der Waals surface area (Å²) in [6, 6.07) is 0. The lowest BCUT2D eigenvalue weighted by atomic mass is 9.98. The molecule has 78 valence electrons. The Morgan fingerprint density at radius 2 is 1.92 bits per heavy atom. The Kier molecular flexibility index (Phi) is 5.06. The van der Waals surface area contributed by atoms with Crippen LogP contribution >= 0.6 is 0 Å². The molecule has 0 radical (unpaired) electrons. The van der Waals surface area contributed by atoms with Gasteiger partial charge in [0, 0.05) is 0 Å². The first-order chi connectivity index (χ1) is 5.89. The van der Waals surface area contributed by atoms with Gasteiger partial charge in [-0.15, -0.1) is 0 Å². The first-order valence-electron chi connectivity index (χ1n) is 4.25. The Morgan fingerprint density at radius 1 is 1.38 bits per heavy atom. The summed E-state index contributed by atoms with van der Waals surface area (Å²) < 4.78 is 35.8. The Bertz CT molecular complexity index is 163. The second-order valence-electron chi connectivity index (χ2n) is 3.11. The molecule has 2 atom stereocenters. The Labute approximate surface area is 76.3 Å². The molecule has 0 saturated carbocycles. The fourth-order valence-electron chi connectivity index (χ4n) is 1.01. The molecule has 1 nitrogen and oxygen atoms in total. The van der Waals surface area contributed by atoms with Crippen molar-refractivity contribution >= 4 is 0 Å². The summed E-state index contributed by atoms with van der Waals surface area (Å²) in [5.41, 5.74) is 0. The third-order valence-corrected chi connectivity index (χ3v) is 1.90. The normalized spacial score (nSPS) is 17.7. The van der Waals surface area contributed by atoms with Gasteiger partial charge in [0.15, 0.2) is 6.10 Å². The second-order valence-corrected chi connectivity index (χ2v) is 3.11. The van der Waals surface area contributed by atoms with Crippen LogP contribution in [-0.2, 0) is 0 Å². The second kappa shape index (κ2) is 5.27. The first-order valence-corrected chi connectivity index (χ1v) is 4.25. The van der Waals surface area contributed by atoms with E-state index in [1.807, 2.05) is 6.92 Å². The van der Waals surface area contributed by atoms with Crippen LogP contribution in [-0.4, -0.2) is 17.4 Å². The fourth-order valence-corrected chi connectivity index (χ4v) is 1.01. The highest BCUT2D eigenvalue weighted by molar-refractivity contribution is 4.80. The molecule has 0 amide bonds. The average Bonchev–Trinajstić information content (AvgIpc) is 2.01. The molecule has 1 N–H and O–H groups in total. The molecule has 0 aromatic heterocycles. The van der Waals surface area contributed by atoms with Crippen molar-refractivity contribution in [3.05, 3.63) is 12.2 Å². The smallest absolute Gasteiger partial charge is 0.383 e. The van der Waals surface area contributed by atoms with E-state index in [1.54, 1.807) is 12.2 Å². The first kappa shape index (κ1) is 12.5. The van der Waals surface area contributed by atoms with Gasteiger partial charge in [-0.3, -0.25) is 0 Å². The zero-order chi connectivity index (χ0) is 10.5. The molecule has 13 heavy (non-hydrogen) atoms. The Morgan fingerprint density at radius 3 is 2.31 bits per heavy atom. The highest BCUT2D eigenvalue weighted by Crippen LogP contribution is 2.27. The number of rotatable bonds is 4. The van der Waals surface area contributed by atoms with Gasteiger partial charge in [0.05, 0.1) is 0 Å². The van der Waals surface area contributed by atoms with Crippen LogP contribution in [0.25, 0.3) is 0 Å². The Hall–Kier alpha value is -0.510. The predicted octanol–water partition coefficient (Wildman–Crippen LogP) is 2.90. The van der Waals surface area contributed by atoms with Crippen molar-refractivity contribution in [2.24, 2.45) is 5.92 Å². The topological polar surface area (TPSA) is 20.2 Å². The van der Waals surface area contributed by atoms with Crippen molar-refractivity contribution in [3.63, 3.8) is 0 Å². The van der Waals surface area contributed by atoms with Crippen LogP contribution in [0.5, 0.6) is 0 Å². The number of allylic oxidation sites excluding steroid dienone is 2. The molecular formula is C9H15F3O. The van der Waals surface area contributed by atoms with Gasteiger partial charge < -0.3 is 5.11 Å². The lowest BCUT2D eigenvalue weighted by Gasteiger charge is -2.20. The van der Waals surface area contributed by atoms with Crippen LogP contribution in [0, 0.1) is 5.92 Å². The van der Waals surface area contributed by atoms with Crippen molar-refractivity contribution in [1.29, 1.82) is 0 Å². The standard InChI is InChI=1S/C9H15F3O/c1-3-4-5-6-7(2)8(13)9(10,11)12/h3-4,7-8,13H,5-6H2,1-2H3/b4-3+. The van der Waals surface area contributed by atoms with E-state index in [0.29, 0.717) is 12.8 Å². The molecule has 2 unspecified atom stereocenters. The van der Waals surface area contributed by atoms with Crippen molar-refractivity contribution in [2.75, 3.05) is 0 Å². The molecule has 4 heteroatoms. The average molecular weight is 196 g/mol. The largest absolute Gasteiger partial charge is 0.414 e. The fraction of sp³-hybridized carbons (Fsp3) is 0.778. The Balaban J connectivity index is 3.89. The van der Waals surface area contributed by atoms with Gasteiger partial charge in [-0.25, -0.2) is 0 Å². The highest BCUT2D eigenvalue weighted by Gasteiger charge is 2.41. The number of halogens is 3. The van der Waals surface area contributed by atoms with Crippen LogP contribution in [0.3, 0.4) is 0 Å². The quantitative estimate of drug-likeness (QED) is 0.685. The number of alkyl halides is 3. The van der Waals surface area contributed by atoms with Crippen molar-refractivity contribution < 1.29 is 18.3 Å². The molecule has 0 aliphatic heterocycles. The monoisotopic (exact) mass is 196 g/mol. The molecule has 0 heterocycles. The van der Waals surface area contributed by atoms with Crippen LogP contribution in [0.4, 0.5) is 13.2 Å². The minimum absolute atomic E-state index is 0.352. The molecule has 0 fully saturated rings. The van der Waals surface area contributed by atoms with Crippen molar-refractivity contribution in [2.45, 2.75) is 39.0 Å². The summed E-state index contributed by atoms with van der Waals surface area (Å²) in [5, 5.41) is 8.80. The van der Waals surface area contributed by atoms with Gasteiger partial charge in [0.2, 0.25) is 0 Å². The molecule has 0 spiro atoms. The van der Waals surface area contributed by atoms with E-state index in [9.17, 15) is 13.2 Å². The van der Waals surface area contributed by atoms with E-state index in [4.69, 9.17) is 5.11 Å². The minimum Gasteiger partial charge on any atom is -0.383 e. The van der Waals surface area contributed by atoms with Crippen LogP contribution in [0.1, 0.15) is 26.7 Å². The van der Waals surface area contributed by atoms with E-state index in [1.165, 1.54) is 6.92 Å². The molecule has 0 bridgehead atoms. The zero-order valence-corrected chi connectivity index (χ0v) is 7.80. The van der Waals surface area contributed by atoms with Gasteiger partial charge in [-0.1, -0.05) is 19.1 Å². The molecule has 0 aromatic carbocycles. The lowest BCUT2D eigenvalue weighted by molar-refractivity contribution is -0.218. The predicted molar refractivity (Wildman–Crippen MR) is 45.3 cm³/mol. The maximum absolute atomic E-state index is 11.9. The molecule has 0 saturated heterocycles. The van der Waals surface area contributed by atoms with Crippen LogP contribution in [0.15, 0.2) is 12.2 Å². The van der Waals surface area contributed by atoms with Crippen molar-refractivity contribution in [1.82, 2.24) is 0 Å². The van der Waals surface area contributed by atoms with Crippen molar-refractivity contribution in [3.8, 4) is 0 Å². The van der Waals surface area contributed by atoms with E-state index >= 15 is 0 Å². The van der Waals surface area contributed by atoms with Gasteiger partial charge in [-0.2, -0.15) is 13.2 Å². The minimum atomic E-state index is -4.49. The van der Waals surface area contributed by atoms with E-state index in [0.717, 1.165) is 0 Å². The maximum Gasteiger partial charge on any atom is 0.414 e. The summed E-state index contributed by atoms with van der Waals surface area (Å²) >= 11 is 0. The number of aliphatic hydroxyl groups excluding tert-OH is 1. The SMILES string of the molecule is C/C=C/CCC(C)C(O)C(F)(F)F. The highest BCUT2D eigenvalue weighted by atomic mass is 19.4. The molecule has 0 aliphatic carbocycles. The van der Waals surface area contributed by atoms with E-state index < -0.39 is 18.2 Å². The van der Waals surface area contributed by atoms with Gasteiger partial charge in [-0.05, 0) is 25.7 Å². The van der Waals surface area contributed by atoms with Crippen LogP contribution in [0.2, 0.25) is 0 Å². The van der Waals surface area contributed by atoms with E-state index in [2.05, 4.69) is 0 Å². The summed E-state index contributed by atoms with van der Waals surface area (Å²) in [6.07, 6.45) is -2.19. The lowest BCUT2D eigenvalue weighted by Crippen LogP contribution is -2.34. The van der Waals surface area contributed by atoms with Crippen LogP contribution < -0.4 is 0 Å². The summed E-state index contributed by atoms with van der Waals surface area (Å²) in [5.74, 6) is -0.740. The zero-order valence-electron chi connectivity index (χ0n) is 7.80. The third-order valence-electron chi connectivity index (χ3n) is 1.90. The van der Waals surface area contributed by atoms with Gasteiger partial charge >= 0.3 is 6.18 Å². The number of hydrogen-bond donors (Lipinski definition) is 1. The van der Waals surface area contributed by atoms with Gasteiger partial charge in [0.1, 0.15) is 0 Å². The molecular weight excluding hydrogens is 181 g/mol. The third kappa shape index (κ3) is 4.93. The number of hydrogen-bond acceptors (Lipinski definition) is 1. The number of aliphatic hydroxyl groups is 1. The van der Waals surface area contributed by atoms with Gasteiger partial charge in [0.25, 0.3) is 0 Å². The maximum atomic E-state index is 11.9. The summed E-state index contributed by atoms with van der Waals surface area (Å²) in [6.45, 7) is 3.21. The summed E-state index contributed by atoms with van der Waals surface area (Å²) in [4.78, 5) is 0.